The number of benzene rings is 1. The minimum absolute atomic E-state index is 0.0783. The highest BCUT2D eigenvalue weighted by atomic mass is 16.2. The molecule has 0 fully saturated rings. The molecule has 0 saturated carbocycles. The number of aryl methyl sites for hydroxylation is 2. The van der Waals surface area contributed by atoms with Crippen LogP contribution < -0.4 is 10.5 Å². The molecule has 0 saturated heterocycles. The Bertz CT molecular complexity index is 1040. The maximum absolute atomic E-state index is 12.9. The van der Waals surface area contributed by atoms with Crippen LogP contribution in [0.2, 0.25) is 0 Å². The summed E-state index contributed by atoms with van der Waals surface area (Å²) in [7, 11) is 0. The second-order valence-corrected chi connectivity index (χ2v) is 6.73. The number of amides is 1. The Balaban J connectivity index is 1.62. The molecule has 0 atom stereocenters. The molecule has 27 heavy (non-hydrogen) atoms. The van der Waals surface area contributed by atoms with Crippen molar-refractivity contribution in [3.8, 4) is 11.3 Å². The standard InChI is InChI=1S/C21H20N4O2/c1-15-4-6-19-17(13-15)3-2-12-24(19)21(27)14-25-20(26)7-5-18(23-25)16-8-10-22-11-9-16/h4-11,13H,2-3,12,14H2,1H3. The third kappa shape index (κ3) is 3.51. The van der Waals surface area contributed by atoms with Gasteiger partial charge >= 0.3 is 0 Å². The van der Waals surface area contributed by atoms with Crippen molar-refractivity contribution in [1.29, 1.82) is 0 Å². The van der Waals surface area contributed by atoms with Crippen molar-refractivity contribution in [3.63, 3.8) is 0 Å². The Morgan fingerprint density at radius 3 is 2.74 bits per heavy atom. The van der Waals surface area contributed by atoms with E-state index < -0.39 is 0 Å². The van der Waals surface area contributed by atoms with Crippen LogP contribution in [0.25, 0.3) is 11.3 Å². The van der Waals surface area contributed by atoms with E-state index in [1.54, 1.807) is 23.4 Å². The zero-order valence-electron chi connectivity index (χ0n) is 15.1. The monoisotopic (exact) mass is 360 g/mol. The summed E-state index contributed by atoms with van der Waals surface area (Å²) in [5, 5.41) is 4.38. The van der Waals surface area contributed by atoms with Crippen LogP contribution in [0, 0.1) is 6.92 Å². The van der Waals surface area contributed by atoms with Gasteiger partial charge in [-0.05, 0) is 49.6 Å². The molecular weight excluding hydrogens is 340 g/mol. The maximum Gasteiger partial charge on any atom is 0.267 e. The van der Waals surface area contributed by atoms with Gasteiger partial charge in [0.2, 0.25) is 5.91 Å². The Kier molecular flexibility index (Phi) is 4.54. The highest BCUT2D eigenvalue weighted by Gasteiger charge is 2.23. The molecule has 136 valence electrons. The van der Waals surface area contributed by atoms with Crippen LogP contribution in [0.5, 0.6) is 0 Å². The molecule has 6 heteroatoms. The fourth-order valence-electron chi connectivity index (χ4n) is 3.44. The predicted octanol–water partition coefficient (Wildman–Crippen LogP) is 2.59. The molecule has 0 spiro atoms. The van der Waals surface area contributed by atoms with Crippen molar-refractivity contribution < 1.29 is 4.79 Å². The van der Waals surface area contributed by atoms with E-state index >= 15 is 0 Å². The molecule has 0 N–H and O–H groups in total. The SMILES string of the molecule is Cc1ccc2c(c1)CCCN2C(=O)Cn1nc(-c2ccncc2)ccc1=O. The Morgan fingerprint density at radius 2 is 1.93 bits per heavy atom. The van der Waals surface area contributed by atoms with Crippen LogP contribution in [-0.2, 0) is 17.8 Å². The minimum atomic E-state index is -0.290. The number of nitrogens with zero attached hydrogens (tertiary/aromatic N) is 4. The van der Waals surface area contributed by atoms with Gasteiger partial charge < -0.3 is 4.90 Å². The molecule has 0 bridgehead atoms. The topological polar surface area (TPSA) is 68.1 Å². The van der Waals surface area contributed by atoms with Crippen LogP contribution in [0.3, 0.4) is 0 Å². The van der Waals surface area contributed by atoms with E-state index in [4.69, 9.17) is 0 Å². The molecule has 0 radical (unpaired) electrons. The third-order valence-electron chi connectivity index (χ3n) is 4.78. The second-order valence-electron chi connectivity index (χ2n) is 6.73. The summed E-state index contributed by atoms with van der Waals surface area (Å²) in [4.78, 5) is 30.9. The largest absolute Gasteiger partial charge is 0.311 e. The molecule has 2 aromatic heterocycles. The van der Waals surface area contributed by atoms with Gasteiger partial charge in [0.05, 0.1) is 5.69 Å². The molecule has 1 aliphatic rings. The van der Waals surface area contributed by atoms with Gasteiger partial charge in [0.25, 0.3) is 5.56 Å². The van der Waals surface area contributed by atoms with Gasteiger partial charge in [-0.2, -0.15) is 5.10 Å². The normalized spacial score (nSPS) is 13.3. The van der Waals surface area contributed by atoms with Crippen molar-refractivity contribution in [2.24, 2.45) is 0 Å². The average Bonchev–Trinajstić information content (AvgIpc) is 2.69. The fraction of sp³-hybridized carbons (Fsp3) is 0.238. The van der Waals surface area contributed by atoms with Crippen molar-refractivity contribution in [3.05, 3.63) is 76.3 Å². The summed E-state index contributed by atoms with van der Waals surface area (Å²) in [6, 6.07) is 12.9. The number of hydrogen-bond acceptors (Lipinski definition) is 4. The number of pyridine rings is 1. The van der Waals surface area contributed by atoms with E-state index in [0.29, 0.717) is 12.2 Å². The van der Waals surface area contributed by atoms with Gasteiger partial charge in [0.15, 0.2) is 0 Å². The smallest absolute Gasteiger partial charge is 0.267 e. The first-order chi connectivity index (χ1) is 13.1. The molecule has 3 heterocycles. The summed E-state index contributed by atoms with van der Waals surface area (Å²) >= 11 is 0. The summed E-state index contributed by atoms with van der Waals surface area (Å²) < 4.78 is 1.24. The Labute approximate surface area is 157 Å². The lowest BCUT2D eigenvalue weighted by Gasteiger charge is -2.30. The van der Waals surface area contributed by atoms with Crippen molar-refractivity contribution >= 4 is 11.6 Å². The van der Waals surface area contributed by atoms with Gasteiger partial charge in [-0.15, -0.1) is 0 Å². The van der Waals surface area contributed by atoms with E-state index in [-0.39, 0.29) is 18.0 Å². The summed E-state index contributed by atoms with van der Waals surface area (Å²) in [5.74, 6) is -0.124. The van der Waals surface area contributed by atoms with E-state index in [2.05, 4.69) is 23.1 Å². The maximum atomic E-state index is 12.9. The van der Waals surface area contributed by atoms with E-state index in [9.17, 15) is 9.59 Å². The van der Waals surface area contributed by atoms with Crippen molar-refractivity contribution in [1.82, 2.24) is 14.8 Å². The zero-order valence-corrected chi connectivity index (χ0v) is 15.1. The molecule has 1 aromatic carbocycles. The first-order valence-electron chi connectivity index (χ1n) is 9.00. The number of aromatic nitrogens is 3. The van der Waals surface area contributed by atoms with Crippen LogP contribution in [0.1, 0.15) is 17.5 Å². The molecule has 0 unspecified atom stereocenters. The highest BCUT2D eigenvalue weighted by Crippen LogP contribution is 2.28. The lowest BCUT2D eigenvalue weighted by molar-refractivity contribution is -0.119. The third-order valence-corrected chi connectivity index (χ3v) is 4.78. The lowest BCUT2D eigenvalue weighted by Crippen LogP contribution is -2.40. The van der Waals surface area contributed by atoms with Crippen LogP contribution in [0.15, 0.2) is 59.7 Å². The molecule has 4 rings (SSSR count). The van der Waals surface area contributed by atoms with E-state index in [0.717, 1.165) is 24.1 Å². The summed E-state index contributed by atoms with van der Waals surface area (Å²) in [6.07, 6.45) is 5.23. The van der Waals surface area contributed by atoms with Crippen LogP contribution >= 0.6 is 0 Å². The minimum Gasteiger partial charge on any atom is -0.311 e. The molecule has 0 aliphatic carbocycles. The van der Waals surface area contributed by atoms with Crippen molar-refractivity contribution in [2.45, 2.75) is 26.3 Å². The lowest BCUT2D eigenvalue weighted by atomic mass is 9.99. The number of hydrogen-bond donors (Lipinski definition) is 0. The Morgan fingerprint density at radius 1 is 1.11 bits per heavy atom. The quantitative estimate of drug-likeness (QED) is 0.720. The molecule has 1 aliphatic heterocycles. The van der Waals surface area contributed by atoms with Gasteiger partial charge in [-0.25, -0.2) is 4.68 Å². The van der Waals surface area contributed by atoms with Gasteiger partial charge in [0, 0.05) is 36.3 Å². The average molecular weight is 360 g/mol. The second kappa shape index (κ2) is 7.15. The molecular formula is C21H20N4O2. The highest BCUT2D eigenvalue weighted by molar-refractivity contribution is 5.94. The number of anilines is 1. The molecule has 1 amide bonds. The van der Waals surface area contributed by atoms with Crippen LogP contribution in [0.4, 0.5) is 5.69 Å². The fourth-order valence-corrected chi connectivity index (χ4v) is 3.44. The molecule has 6 nitrogen and oxygen atoms in total. The summed E-state index contributed by atoms with van der Waals surface area (Å²) in [5.41, 5.74) is 4.51. The number of rotatable bonds is 3. The Hall–Kier alpha value is -3.28. The number of carbonyl (C=O) groups is 1. The first-order valence-corrected chi connectivity index (χ1v) is 9.00. The van der Waals surface area contributed by atoms with Crippen molar-refractivity contribution in [2.75, 3.05) is 11.4 Å². The van der Waals surface area contributed by atoms with E-state index in [1.807, 2.05) is 24.3 Å². The van der Waals surface area contributed by atoms with Crippen LogP contribution in [-0.4, -0.2) is 27.2 Å². The van der Waals surface area contributed by atoms with Gasteiger partial charge in [-0.1, -0.05) is 17.7 Å². The van der Waals surface area contributed by atoms with E-state index in [1.165, 1.54) is 21.9 Å². The first kappa shape index (κ1) is 17.1. The molecule has 3 aromatic rings. The zero-order chi connectivity index (χ0) is 18.8. The predicted molar refractivity (Wildman–Crippen MR) is 104 cm³/mol. The number of fused-ring (bicyclic) bond motifs is 1. The van der Waals surface area contributed by atoms with Gasteiger partial charge in [0.1, 0.15) is 6.54 Å². The summed E-state index contributed by atoms with van der Waals surface area (Å²) in [6.45, 7) is 2.63. The van der Waals surface area contributed by atoms with Gasteiger partial charge in [-0.3, -0.25) is 14.6 Å². The number of carbonyl (C=O) groups excluding carboxylic acids is 1.